The van der Waals surface area contributed by atoms with E-state index in [1.165, 1.54) is 21.3 Å². The van der Waals surface area contributed by atoms with Crippen molar-refractivity contribution < 1.29 is 29.2 Å². The summed E-state index contributed by atoms with van der Waals surface area (Å²) < 4.78 is 16.4. The number of hydrogen-bond donors (Lipinski definition) is 4. The third-order valence-corrected chi connectivity index (χ3v) is 6.53. The molecular weight excluding hydrogens is 496 g/mol. The smallest absolute Gasteiger partial charge is 0.253 e. The standard InChI is InChI=1S/C31H32N2O6/c1-19(25-18-32-26-11-6-5-10-24(25)26)30(35)33-31(36)23-14-20(9-7-8-12-34)13-21(15-23)22-16-27(37-2)29(39-4)28(17-22)38-3/h5-6,10-11,13-19,30,32,34-35H,8,12H2,1-4H3,(H,33,36)/t19?,30-/m1/s1. The first-order valence-electron chi connectivity index (χ1n) is 12.5. The topological polar surface area (TPSA) is 113 Å². The Labute approximate surface area is 227 Å². The van der Waals surface area contributed by atoms with Gasteiger partial charge in [-0.2, -0.15) is 0 Å². The van der Waals surface area contributed by atoms with Gasteiger partial charge in [0, 0.05) is 40.6 Å². The largest absolute Gasteiger partial charge is 0.493 e. The van der Waals surface area contributed by atoms with Crippen LogP contribution in [0.2, 0.25) is 0 Å². The summed E-state index contributed by atoms with van der Waals surface area (Å²) in [6, 6.07) is 16.6. The van der Waals surface area contributed by atoms with E-state index in [1.54, 1.807) is 24.3 Å². The third-order valence-electron chi connectivity index (χ3n) is 6.53. The van der Waals surface area contributed by atoms with Gasteiger partial charge in [0.1, 0.15) is 6.23 Å². The van der Waals surface area contributed by atoms with E-state index in [-0.39, 0.29) is 12.5 Å². The van der Waals surface area contributed by atoms with Crippen LogP contribution in [0.4, 0.5) is 0 Å². The zero-order chi connectivity index (χ0) is 27.9. The Morgan fingerprint density at radius 2 is 1.69 bits per heavy atom. The van der Waals surface area contributed by atoms with Crippen LogP contribution in [0.3, 0.4) is 0 Å². The average molecular weight is 529 g/mol. The number of ether oxygens (including phenoxy) is 3. The fourth-order valence-electron chi connectivity index (χ4n) is 4.45. The number of nitrogens with one attached hydrogen (secondary N) is 2. The van der Waals surface area contributed by atoms with Crippen molar-refractivity contribution in [3.05, 3.63) is 77.5 Å². The van der Waals surface area contributed by atoms with E-state index in [1.807, 2.05) is 43.5 Å². The number of rotatable bonds is 9. The van der Waals surface area contributed by atoms with Gasteiger partial charge in [0.15, 0.2) is 11.5 Å². The van der Waals surface area contributed by atoms with Crippen LogP contribution < -0.4 is 19.5 Å². The molecule has 2 atom stereocenters. The molecule has 0 radical (unpaired) electrons. The summed E-state index contributed by atoms with van der Waals surface area (Å²) in [6.07, 6.45) is 1.02. The number of aliphatic hydroxyl groups excluding tert-OH is 2. The Morgan fingerprint density at radius 3 is 2.36 bits per heavy atom. The molecule has 3 aromatic carbocycles. The molecule has 0 fully saturated rings. The molecule has 4 N–H and O–H groups in total. The first kappa shape index (κ1) is 27.6. The summed E-state index contributed by atoms with van der Waals surface area (Å²) in [6.45, 7) is 1.80. The number of fused-ring (bicyclic) bond motifs is 1. The molecule has 8 heteroatoms. The second kappa shape index (κ2) is 12.4. The summed E-state index contributed by atoms with van der Waals surface area (Å²) >= 11 is 0. The molecule has 0 bridgehead atoms. The molecule has 202 valence electrons. The first-order valence-corrected chi connectivity index (χ1v) is 12.5. The van der Waals surface area contributed by atoms with Crippen LogP contribution in [0.1, 0.15) is 40.7 Å². The lowest BCUT2D eigenvalue weighted by molar-refractivity contribution is 0.0728. The summed E-state index contributed by atoms with van der Waals surface area (Å²) in [5, 5.41) is 23.8. The van der Waals surface area contributed by atoms with Crippen LogP contribution in [0.15, 0.2) is 60.8 Å². The van der Waals surface area contributed by atoms with E-state index in [2.05, 4.69) is 22.1 Å². The highest BCUT2D eigenvalue weighted by Crippen LogP contribution is 2.41. The van der Waals surface area contributed by atoms with Crippen LogP contribution >= 0.6 is 0 Å². The van der Waals surface area contributed by atoms with E-state index < -0.39 is 12.1 Å². The van der Waals surface area contributed by atoms with Crippen molar-refractivity contribution in [2.75, 3.05) is 27.9 Å². The van der Waals surface area contributed by atoms with Crippen molar-refractivity contribution in [1.82, 2.24) is 10.3 Å². The van der Waals surface area contributed by atoms with Crippen LogP contribution in [-0.4, -0.2) is 55.3 Å². The molecule has 39 heavy (non-hydrogen) atoms. The maximum atomic E-state index is 13.4. The lowest BCUT2D eigenvalue weighted by Crippen LogP contribution is -2.38. The second-order valence-corrected chi connectivity index (χ2v) is 8.99. The molecule has 0 aliphatic heterocycles. The van der Waals surface area contributed by atoms with E-state index >= 15 is 0 Å². The third kappa shape index (κ3) is 6.01. The van der Waals surface area contributed by atoms with Crippen molar-refractivity contribution in [3.63, 3.8) is 0 Å². The van der Waals surface area contributed by atoms with Crippen molar-refractivity contribution >= 4 is 16.8 Å². The average Bonchev–Trinajstić information content (AvgIpc) is 3.40. The quantitative estimate of drug-likeness (QED) is 0.189. The number of carbonyl (C=O) groups excluding carboxylic acids is 1. The van der Waals surface area contributed by atoms with Crippen LogP contribution in [0.25, 0.3) is 22.0 Å². The van der Waals surface area contributed by atoms with Crippen molar-refractivity contribution in [2.45, 2.75) is 25.5 Å². The van der Waals surface area contributed by atoms with Gasteiger partial charge in [-0.05, 0) is 53.1 Å². The van der Waals surface area contributed by atoms with E-state index in [4.69, 9.17) is 19.3 Å². The van der Waals surface area contributed by atoms with E-state index in [0.717, 1.165) is 22.0 Å². The summed E-state index contributed by atoms with van der Waals surface area (Å²) in [5.41, 5.74) is 4.17. The number of carbonyl (C=O) groups is 1. The Bertz CT molecular complexity index is 1510. The van der Waals surface area contributed by atoms with Crippen molar-refractivity contribution in [1.29, 1.82) is 0 Å². The zero-order valence-electron chi connectivity index (χ0n) is 22.4. The minimum atomic E-state index is -1.13. The Kier molecular flexibility index (Phi) is 8.77. The lowest BCUT2D eigenvalue weighted by atomic mass is 9.97. The molecule has 0 saturated heterocycles. The van der Waals surface area contributed by atoms with Gasteiger partial charge >= 0.3 is 0 Å². The highest BCUT2D eigenvalue weighted by atomic mass is 16.5. The number of aromatic nitrogens is 1. The molecule has 4 rings (SSSR count). The normalized spacial score (nSPS) is 12.3. The van der Waals surface area contributed by atoms with Crippen LogP contribution in [0.5, 0.6) is 17.2 Å². The second-order valence-electron chi connectivity index (χ2n) is 8.99. The maximum absolute atomic E-state index is 13.4. The predicted molar refractivity (Wildman–Crippen MR) is 150 cm³/mol. The molecule has 0 saturated carbocycles. The number of aliphatic hydroxyl groups is 2. The number of methoxy groups -OCH3 is 3. The highest BCUT2D eigenvalue weighted by Gasteiger charge is 2.23. The van der Waals surface area contributed by atoms with Gasteiger partial charge in [0.25, 0.3) is 5.91 Å². The van der Waals surface area contributed by atoms with Crippen molar-refractivity contribution in [3.8, 4) is 40.2 Å². The van der Waals surface area contributed by atoms with Crippen molar-refractivity contribution in [2.24, 2.45) is 0 Å². The van der Waals surface area contributed by atoms with Gasteiger partial charge in [-0.1, -0.05) is 37.0 Å². The van der Waals surface area contributed by atoms with Gasteiger partial charge in [-0.3, -0.25) is 4.79 Å². The first-order chi connectivity index (χ1) is 18.9. The van der Waals surface area contributed by atoms with E-state index in [9.17, 15) is 9.90 Å². The molecule has 0 aliphatic rings. The molecule has 4 aromatic rings. The number of H-pyrrole nitrogens is 1. The molecule has 1 amide bonds. The summed E-state index contributed by atoms with van der Waals surface area (Å²) in [5.74, 6) is 6.48. The molecule has 0 aliphatic carbocycles. The fourth-order valence-corrected chi connectivity index (χ4v) is 4.45. The van der Waals surface area contributed by atoms with Gasteiger partial charge in [-0.25, -0.2) is 0 Å². The molecule has 1 heterocycles. The van der Waals surface area contributed by atoms with Gasteiger partial charge in [-0.15, -0.1) is 0 Å². The Hall–Kier alpha value is -4.45. The maximum Gasteiger partial charge on any atom is 0.253 e. The fraction of sp³-hybridized carbons (Fsp3) is 0.258. The van der Waals surface area contributed by atoms with Crippen LogP contribution in [-0.2, 0) is 0 Å². The molecule has 1 unspecified atom stereocenters. The van der Waals surface area contributed by atoms with Gasteiger partial charge in [0.05, 0.1) is 27.9 Å². The van der Waals surface area contributed by atoms with Crippen LogP contribution in [0, 0.1) is 11.8 Å². The SMILES string of the molecule is COc1cc(-c2cc(C#CCCO)cc(C(=O)N[C@H](O)C(C)c3c[nH]c4ccccc34)c2)cc(OC)c1OC. The number of benzene rings is 3. The van der Waals surface area contributed by atoms with Gasteiger partial charge < -0.3 is 34.7 Å². The molecular formula is C31H32N2O6. The molecule has 8 nitrogen and oxygen atoms in total. The monoisotopic (exact) mass is 528 g/mol. The number of amides is 1. The molecule has 0 spiro atoms. The minimum Gasteiger partial charge on any atom is -0.493 e. The lowest BCUT2D eigenvalue weighted by Gasteiger charge is -2.20. The number of para-hydroxylation sites is 1. The Morgan fingerprint density at radius 1 is 1.00 bits per heavy atom. The summed E-state index contributed by atoms with van der Waals surface area (Å²) in [4.78, 5) is 16.6. The predicted octanol–water partition coefficient (Wildman–Crippen LogP) is 4.45. The van der Waals surface area contributed by atoms with E-state index in [0.29, 0.717) is 40.4 Å². The molecule has 1 aromatic heterocycles. The summed E-state index contributed by atoms with van der Waals surface area (Å²) in [7, 11) is 4.60. The number of hydrogen-bond acceptors (Lipinski definition) is 6. The minimum absolute atomic E-state index is 0.0647. The number of aromatic amines is 1. The highest BCUT2D eigenvalue weighted by molar-refractivity contribution is 5.96. The Balaban J connectivity index is 1.69. The van der Waals surface area contributed by atoms with Gasteiger partial charge in [0.2, 0.25) is 5.75 Å². The zero-order valence-corrected chi connectivity index (χ0v) is 22.4.